The van der Waals surface area contributed by atoms with Crippen LogP contribution in [0.5, 0.6) is 0 Å². The van der Waals surface area contributed by atoms with Crippen LogP contribution < -0.4 is 10.6 Å². The summed E-state index contributed by atoms with van der Waals surface area (Å²) in [5.41, 5.74) is 6.91. The zero-order valence-corrected chi connectivity index (χ0v) is 20.5. The topological polar surface area (TPSA) is 87.2 Å². The van der Waals surface area contributed by atoms with Crippen molar-refractivity contribution in [2.45, 2.75) is 59.2 Å². The molecule has 2 aromatic carbocycles. The number of amides is 1. The van der Waals surface area contributed by atoms with Crippen molar-refractivity contribution in [1.29, 1.82) is 0 Å². The summed E-state index contributed by atoms with van der Waals surface area (Å²) in [5.74, 6) is 2.09. The van der Waals surface area contributed by atoms with Crippen molar-refractivity contribution in [2.75, 3.05) is 5.32 Å². The highest BCUT2D eigenvalue weighted by Gasteiger charge is 2.37. The summed E-state index contributed by atoms with van der Waals surface area (Å²) in [6.07, 6.45) is 6.73. The fourth-order valence-corrected chi connectivity index (χ4v) is 4.94. The Morgan fingerprint density at radius 1 is 1.14 bits per heavy atom. The Morgan fingerprint density at radius 3 is 2.71 bits per heavy atom. The van der Waals surface area contributed by atoms with Crippen LogP contribution in [0.25, 0.3) is 11.4 Å². The lowest BCUT2D eigenvalue weighted by Gasteiger charge is -2.12. The van der Waals surface area contributed by atoms with Gasteiger partial charge in [-0.3, -0.25) is 4.79 Å². The molecular formula is C27H30N7O+. The third-order valence-electron chi connectivity index (χ3n) is 7.20. The maximum atomic E-state index is 12.2. The van der Waals surface area contributed by atoms with Gasteiger partial charge >= 0.3 is 0 Å². The number of carbonyl (C=O) groups is 1. The number of hydrogen-bond acceptors (Lipinski definition) is 5. The highest BCUT2D eigenvalue weighted by atomic mass is 16.2. The van der Waals surface area contributed by atoms with Gasteiger partial charge in [0.25, 0.3) is 12.2 Å². The van der Waals surface area contributed by atoms with Crippen LogP contribution in [0.3, 0.4) is 0 Å². The Morgan fingerprint density at radius 2 is 1.97 bits per heavy atom. The Hall–Kier alpha value is -3.81. The van der Waals surface area contributed by atoms with Crippen LogP contribution in [-0.4, -0.2) is 43.8 Å². The van der Waals surface area contributed by atoms with E-state index < -0.39 is 0 Å². The average molecular weight is 469 g/mol. The number of hydrogen-bond donors (Lipinski definition) is 2. The van der Waals surface area contributed by atoms with Crippen molar-refractivity contribution < 1.29 is 9.37 Å². The van der Waals surface area contributed by atoms with E-state index >= 15 is 0 Å². The first-order valence-electron chi connectivity index (χ1n) is 12.4. The molecule has 6 rings (SSSR count). The van der Waals surface area contributed by atoms with Gasteiger partial charge < -0.3 is 10.6 Å². The molecule has 8 heteroatoms. The molecule has 0 radical (unpaired) electrons. The van der Waals surface area contributed by atoms with Crippen LogP contribution in [0.1, 0.15) is 59.8 Å². The third kappa shape index (κ3) is 3.83. The van der Waals surface area contributed by atoms with Gasteiger partial charge in [-0.2, -0.15) is 4.98 Å². The molecule has 1 saturated carbocycles. The summed E-state index contributed by atoms with van der Waals surface area (Å²) in [6, 6.07) is 10.7. The second-order valence-electron chi connectivity index (χ2n) is 9.80. The van der Waals surface area contributed by atoms with Gasteiger partial charge in [-0.05, 0) is 87.6 Å². The Kier molecular flexibility index (Phi) is 5.05. The summed E-state index contributed by atoms with van der Waals surface area (Å²) >= 11 is 0. The molecule has 8 nitrogen and oxygen atoms in total. The average Bonchev–Trinajstić information content (AvgIpc) is 3.32. The monoisotopic (exact) mass is 468 g/mol. The molecule has 1 aromatic heterocycles. The SMILES string of the molecule is CCn1nc(-c2ccc([N+]3=CC(C4CC4)N=C3)cc2C)nc1Nc1cc2c(cc1C)C(=O)NC2C. The maximum Gasteiger partial charge on any atom is 0.285 e. The van der Waals surface area contributed by atoms with Gasteiger partial charge in [0.15, 0.2) is 11.9 Å². The van der Waals surface area contributed by atoms with E-state index in [4.69, 9.17) is 10.1 Å². The minimum absolute atomic E-state index is 0.00290. The first-order valence-corrected chi connectivity index (χ1v) is 12.4. The second-order valence-corrected chi connectivity index (χ2v) is 9.80. The van der Waals surface area contributed by atoms with Crippen molar-refractivity contribution in [2.24, 2.45) is 10.9 Å². The van der Waals surface area contributed by atoms with Crippen LogP contribution in [0.4, 0.5) is 17.3 Å². The van der Waals surface area contributed by atoms with Crippen molar-refractivity contribution in [3.8, 4) is 11.4 Å². The molecule has 35 heavy (non-hydrogen) atoms. The summed E-state index contributed by atoms with van der Waals surface area (Å²) < 4.78 is 4.01. The number of nitrogens with zero attached hydrogens (tertiary/aromatic N) is 5. The van der Waals surface area contributed by atoms with E-state index in [1.54, 1.807) is 0 Å². The van der Waals surface area contributed by atoms with Crippen molar-refractivity contribution in [3.63, 3.8) is 0 Å². The molecule has 0 saturated heterocycles. The van der Waals surface area contributed by atoms with Gasteiger partial charge in [0.1, 0.15) is 11.9 Å². The van der Waals surface area contributed by atoms with E-state index in [9.17, 15) is 4.79 Å². The van der Waals surface area contributed by atoms with Gasteiger partial charge in [-0.1, -0.05) is 4.99 Å². The molecule has 3 aromatic rings. The van der Waals surface area contributed by atoms with Crippen LogP contribution >= 0.6 is 0 Å². The van der Waals surface area contributed by atoms with E-state index in [1.807, 2.05) is 37.0 Å². The third-order valence-corrected chi connectivity index (χ3v) is 7.20. The number of aliphatic imine (C=N–C) groups is 1. The molecule has 3 heterocycles. The lowest BCUT2D eigenvalue weighted by atomic mass is 10.0. The van der Waals surface area contributed by atoms with E-state index in [0.29, 0.717) is 24.4 Å². The maximum absolute atomic E-state index is 12.2. The Labute approximate surface area is 204 Å². The predicted molar refractivity (Wildman–Crippen MR) is 137 cm³/mol. The highest BCUT2D eigenvalue weighted by Crippen LogP contribution is 2.35. The van der Waals surface area contributed by atoms with Crippen molar-refractivity contribution in [1.82, 2.24) is 20.1 Å². The Balaban J connectivity index is 1.29. The van der Waals surface area contributed by atoms with E-state index in [0.717, 1.165) is 45.1 Å². The smallest absolute Gasteiger partial charge is 0.285 e. The molecule has 1 aliphatic carbocycles. The summed E-state index contributed by atoms with van der Waals surface area (Å²) in [6.45, 7) is 8.84. The molecular weight excluding hydrogens is 438 g/mol. The highest BCUT2D eigenvalue weighted by molar-refractivity contribution is 6.00. The standard InChI is InChI=1S/C27H29N7O/c1-5-34-27(30-23-12-21-17(4)29-26(35)22(21)11-16(23)3)31-25(32-34)20-9-8-19(10-15(20)2)33-13-24(28-14-33)18-6-7-18/h8-14,17-18,24H,5-7H2,1-4H3,(H-,29,30,31,32,35)/p+1. The quantitative estimate of drug-likeness (QED) is 0.515. The molecule has 1 amide bonds. The van der Waals surface area contributed by atoms with E-state index in [1.165, 1.54) is 12.8 Å². The summed E-state index contributed by atoms with van der Waals surface area (Å²) in [5, 5.41) is 11.2. The molecule has 0 bridgehead atoms. The minimum atomic E-state index is -0.0130. The van der Waals surface area contributed by atoms with E-state index in [-0.39, 0.29) is 11.9 Å². The summed E-state index contributed by atoms with van der Waals surface area (Å²) in [7, 11) is 0. The zero-order chi connectivity index (χ0) is 24.3. The molecule has 1 fully saturated rings. The number of rotatable bonds is 6. The lowest BCUT2D eigenvalue weighted by molar-refractivity contribution is -0.285. The number of benzene rings is 2. The normalized spacial score (nSPS) is 20.7. The molecule has 178 valence electrons. The fourth-order valence-electron chi connectivity index (χ4n) is 4.94. The number of fused-ring (bicyclic) bond motifs is 1. The number of anilines is 2. The number of aryl methyl sites for hydroxylation is 3. The van der Waals surface area contributed by atoms with Gasteiger partial charge in [0, 0.05) is 29.3 Å². The first-order chi connectivity index (χ1) is 16.9. The number of carbonyl (C=O) groups excluding carboxylic acids is 1. The molecule has 2 aliphatic heterocycles. The lowest BCUT2D eigenvalue weighted by Crippen LogP contribution is -2.16. The first kappa shape index (κ1) is 21.7. The molecule has 2 N–H and O–H groups in total. The van der Waals surface area contributed by atoms with Crippen LogP contribution in [-0.2, 0) is 6.54 Å². The van der Waals surface area contributed by atoms with Gasteiger partial charge in [-0.15, -0.1) is 5.10 Å². The second kappa shape index (κ2) is 8.15. The van der Waals surface area contributed by atoms with Gasteiger partial charge in [0.05, 0.1) is 6.04 Å². The van der Waals surface area contributed by atoms with Crippen LogP contribution in [0.15, 0.2) is 35.3 Å². The molecule has 0 spiro atoms. The van der Waals surface area contributed by atoms with Crippen LogP contribution in [0, 0.1) is 19.8 Å². The van der Waals surface area contributed by atoms with Gasteiger partial charge in [-0.25, -0.2) is 9.26 Å². The van der Waals surface area contributed by atoms with Crippen molar-refractivity contribution >= 4 is 35.8 Å². The van der Waals surface area contributed by atoms with E-state index in [2.05, 4.69) is 58.5 Å². The minimum Gasteiger partial charge on any atom is -0.345 e. The predicted octanol–water partition coefficient (Wildman–Crippen LogP) is 4.67. The van der Waals surface area contributed by atoms with Gasteiger partial charge in [0.2, 0.25) is 5.95 Å². The largest absolute Gasteiger partial charge is 0.345 e. The molecule has 2 unspecified atom stereocenters. The van der Waals surface area contributed by atoms with Crippen LogP contribution in [0.2, 0.25) is 0 Å². The fraction of sp³-hybridized carbons (Fsp3) is 0.370. The molecule has 2 atom stereocenters. The Bertz CT molecular complexity index is 1410. The van der Waals surface area contributed by atoms with Crippen molar-refractivity contribution in [3.05, 3.63) is 52.6 Å². The number of nitrogens with one attached hydrogen (secondary N) is 2. The zero-order valence-electron chi connectivity index (χ0n) is 20.5. The molecule has 3 aliphatic rings. The summed E-state index contributed by atoms with van der Waals surface area (Å²) in [4.78, 5) is 21.7. The number of aromatic nitrogens is 3.